The van der Waals surface area contributed by atoms with Gasteiger partial charge < -0.3 is 5.73 Å². The Bertz CT molecular complexity index is 600. The minimum atomic E-state index is -3.61. The molecule has 0 amide bonds. The van der Waals surface area contributed by atoms with Gasteiger partial charge >= 0.3 is 0 Å². The van der Waals surface area contributed by atoms with Gasteiger partial charge in [0.15, 0.2) is 0 Å². The van der Waals surface area contributed by atoms with E-state index in [1.807, 2.05) is 11.8 Å². The second-order valence-electron chi connectivity index (χ2n) is 5.01. The molecule has 1 saturated carbocycles. The second-order valence-corrected chi connectivity index (χ2v) is 10.0. The fourth-order valence-corrected chi connectivity index (χ4v) is 7.07. The van der Waals surface area contributed by atoms with Gasteiger partial charge in [0.25, 0.3) is 0 Å². The Kier molecular flexibility index (Phi) is 6.04. The van der Waals surface area contributed by atoms with E-state index in [2.05, 4.69) is 43.5 Å². The van der Waals surface area contributed by atoms with Crippen molar-refractivity contribution in [3.05, 3.63) is 21.1 Å². The summed E-state index contributed by atoms with van der Waals surface area (Å²) in [6.45, 7) is 2.13. The van der Waals surface area contributed by atoms with Crippen molar-refractivity contribution < 1.29 is 8.42 Å². The number of nitrogen functional groups attached to an aromatic ring is 1. The first-order valence-corrected chi connectivity index (χ1v) is 10.8. The van der Waals surface area contributed by atoms with Crippen LogP contribution in [0.1, 0.15) is 26.2 Å². The lowest BCUT2D eigenvalue weighted by Crippen LogP contribution is -2.33. The van der Waals surface area contributed by atoms with Gasteiger partial charge in [0.05, 0.1) is 5.69 Å². The minimum absolute atomic E-state index is 0.00556. The van der Waals surface area contributed by atoms with Crippen LogP contribution in [0.3, 0.4) is 0 Å². The predicted molar refractivity (Wildman–Crippen MR) is 96.1 cm³/mol. The lowest BCUT2D eigenvalue weighted by molar-refractivity contribution is 0.552. The van der Waals surface area contributed by atoms with Gasteiger partial charge in [-0.25, -0.2) is 13.1 Å². The average molecular weight is 458 g/mol. The molecule has 1 fully saturated rings. The number of anilines is 1. The molecule has 1 aliphatic rings. The number of nitrogens with two attached hydrogens (primary N) is 1. The van der Waals surface area contributed by atoms with E-state index in [1.54, 1.807) is 12.1 Å². The molecule has 3 N–H and O–H groups in total. The van der Waals surface area contributed by atoms with Crippen molar-refractivity contribution in [2.75, 3.05) is 11.5 Å². The first kappa shape index (κ1) is 17.6. The molecule has 0 heterocycles. The number of benzene rings is 1. The highest BCUT2D eigenvalue weighted by molar-refractivity contribution is 9.11. The van der Waals surface area contributed by atoms with E-state index < -0.39 is 10.0 Å². The van der Waals surface area contributed by atoms with E-state index in [0.717, 1.165) is 29.5 Å². The van der Waals surface area contributed by atoms with E-state index in [4.69, 9.17) is 5.73 Å². The molecule has 0 spiro atoms. The topological polar surface area (TPSA) is 72.2 Å². The second kappa shape index (κ2) is 7.21. The molecule has 1 aliphatic carbocycles. The van der Waals surface area contributed by atoms with Gasteiger partial charge in [-0.05, 0) is 53.1 Å². The van der Waals surface area contributed by atoms with E-state index >= 15 is 0 Å². The molecule has 8 heteroatoms. The van der Waals surface area contributed by atoms with Crippen LogP contribution >= 0.6 is 43.6 Å². The van der Waals surface area contributed by atoms with Gasteiger partial charge in [0.1, 0.15) is 4.90 Å². The molecule has 2 unspecified atom stereocenters. The smallest absolute Gasteiger partial charge is 0.243 e. The van der Waals surface area contributed by atoms with Crippen molar-refractivity contribution in [3.8, 4) is 0 Å². The number of thioether (sulfide) groups is 1. The van der Waals surface area contributed by atoms with Gasteiger partial charge in [-0.3, -0.25) is 0 Å². The normalized spacial score (nSPS) is 22.6. The van der Waals surface area contributed by atoms with Crippen LogP contribution in [0.5, 0.6) is 0 Å². The summed E-state index contributed by atoms with van der Waals surface area (Å²) < 4.78 is 29.1. The molecule has 0 bridgehead atoms. The summed E-state index contributed by atoms with van der Waals surface area (Å²) in [6, 6.07) is 3.29. The molecule has 4 nitrogen and oxygen atoms in total. The van der Waals surface area contributed by atoms with Crippen LogP contribution < -0.4 is 10.5 Å². The molecule has 0 aliphatic heterocycles. The summed E-state index contributed by atoms with van der Waals surface area (Å²) in [5.41, 5.74) is 6.11. The molecular formula is C13H18Br2N2O2S2. The molecule has 118 valence electrons. The molecule has 1 aromatic carbocycles. The Hall–Kier alpha value is 0.240. The van der Waals surface area contributed by atoms with Crippen LogP contribution in [0.2, 0.25) is 0 Å². The maximum atomic E-state index is 12.6. The zero-order chi connectivity index (χ0) is 15.6. The summed E-state index contributed by atoms with van der Waals surface area (Å²) in [7, 11) is -3.61. The summed E-state index contributed by atoms with van der Waals surface area (Å²) in [5.74, 6) is 1.06. The molecule has 0 radical (unpaired) electrons. The maximum absolute atomic E-state index is 12.6. The van der Waals surface area contributed by atoms with E-state index in [0.29, 0.717) is 9.72 Å². The van der Waals surface area contributed by atoms with Crippen molar-refractivity contribution in [3.63, 3.8) is 0 Å². The summed E-state index contributed by atoms with van der Waals surface area (Å²) in [6.07, 6.45) is 2.82. The molecule has 2 rings (SSSR count). The third-order valence-corrected chi connectivity index (χ3v) is 7.63. The largest absolute Gasteiger partial charge is 0.398 e. The summed E-state index contributed by atoms with van der Waals surface area (Å²) in [5, 5.41) is 0.549. The number of halogens is 2. The van der Waals surface area contributed by atoms with Gasteiger partial charge in [0, 0.05) is 20.2 Å². The monoisotopic (exact) mass is 456 g/mol. The Balaban J connectivity index is 2.17. The van der Waals surface area contributed by atoms with Crippen molar-refractivity contribution in [2.45, 2.75) is 42.4 Å². The highest BCUT2D eigenvalue weighted by atomic mass is 79.9. The van der Waals surface area contributed by atoms with Crippen molar-refractivity contribution in [1.82, 2.24) is 4.72 Å². The molecule has 0 aromatic heterocycles. The number of hydrogen-bond acceptors (Lipinski definition) is 4. The summed E-state index contributed by atoms with van der Waals surface area (Å²) >= 11 is 8.48. The highest BCUT2D eigenvalue weighted by Gasteiger charge is 2.30. The third kappa shape index (κ3) is 4.37. The fraction of sp³-hybridized carbons (Fsp3) is 0.538. The van der Waals surface area contributed by atoms with Crippen molar-refractivity contribution in [1.29, 1.82) is 0 Å². The fourth-order valence-electron chi connectivity index (χ4n) is 2.58. The first-order chi connectivity index (χ1) is 9.83. The number of nitrogens with one attached hydrogen (secondary N) is 1. The quantitative estimate of drug-likeness (QED) is 0.660. The van der Waals surface area contributed by atoms with E-state index in [1.165, 1.54) is 0 Å². The lowest BCUT2D eigenvalue weighted by Gasteiger charge is -2.16. The SMILES string of the molecule is CCSC1CCC(NS(=O)(=O)c2c(N)cc(Br)cc2Br)C1. The molecule has 21 heavy (non-hydrogen) atoms. The first-order valence-electron chi connectivity index (χ1n) is 6.72. The van der Waals surface area contributed by atoms with Gasteiger partial charge in [-0.2, -0.15) is 11.8 Å². The zero-order valence-corrected chi connectivity index (χ0v) is 16.4. The van der Waals surface area contributed by atoms with E-state index in [-0.39, 0.29) is 16.6 Å². The molecule has 1 aromatic rings. The average Bonchev–Trinajstić information content (AvgIpc) is 2.74. The Labute approximate surface area is 146 Å². The predicted octanol–water partition coefficient (Wildman–Crippen LogP) is 3.75. The van der Waals surface area contributed by atoms with Crippen LogP contribution in [0.4, 0.5) is 5.69 Å². The maximum Gasteiger partial charge on any atom is 0.243 e. The Morgan fingerprint density at radius 2 is 2.10 bits per heavy atom. The van der Waals surface area contributed by atoms with Crippen molar-refractivity contribution in [2.24, 2.45) is 0 Å². The van der Waals surface area contributed by atoms with Crippen LogP contribution in [0.15, 0.2) is 26.0 Å². The molecule has 2 atom stereocenters. The Morgan fingerprint density at radius 3 is 2.71 bits per heavy atom. The van der Waals surface area contributed by atoms with Gasteiger partial charge in [0.2, 0.25) is 10.0 Å². The van der Waals surface area contributed by atoms with Crippen LogP contribution in [0, 0.1) is 0 Å². The van der Waals surface area contributed by atoms with Crippen LogP contribution in [-0.4, -0.2) is 25.5 Å². The Morgan fingerprint density at radius 1 is 1.38 bits per heavy atom. The van der Waals surface area contributed by atoms with Crippen LogP contribution in [0.25, 0.3) is 0 Å². The summed E-state index contributed by atoms with van der Waals surface area (Å²) in [4.78, 5) is 0.122. The highest BCUT2D eigenvalue weighted by Crippen LogP contribution is 2.34. The number of rotatable bonds is 5. The van der Waals surface area contributed by atoms with Crippen LogP contribution in [-0.2, 0) is 10.0 Å². The van der Waals surface area contributed by atoms with Gasteiger partial charge in [-0.15, -0.1) is 0 Å². The number of sulfonamides is 1. The van der Waals surface area contributed by atoms with Gasteiger partial charge in [-0.1, -0.05) is 22.9 Å². The molecule has 0 saturated heterocycles. The third-order valence-electron chi connectivity index (χ3n) is 3.41. The van der Waals surface area contributed by atoms with Crippen molar-refractivity contribution >= 4 is 59.3 Å². The van der Waals surface area contributed by atoms with E-state index in [9.17, 15) is 8.42 Å². The minimum Gasteiger partial charge on any atom is -0.398 e. The number of hydrogen-bond donors (Lipinski definition) is 2. The zero-order valence-electron chi connectivity index (χ0n) is 11.6. The molecular weight excluding hydrogens is 440 g/mol. The lowest BCUT2D eigenvalue weighted by atomic mass is 10.3. The standard InChI is InChI=1S/C13H18Br2N2O2S2/c1-2-20-10-4-3-9(7-10)17-21(18,19)13-11(15)5-8(14)6-12(13)16/h5-6,9-10,17H,2-4,7,16H2,1H3.